The maximum atomic E-state index is 12.7. The van der Waals surface area contributed by atoms with Crippen LogP contribution in [-0.2, 0) is 6.54 Å². The monoisotopic (exact) mass is 434 g/mol. The first kappa shape index (κ1) is 23.3. The van der Waals surface area contributed by atoms with Crippen LogP contribution in [0.4, 0.5) is 17.6 Å². The quantitative estimate of drug-likeness (QED) is 0.553. The van der Waals surface area contributed by atoms with E-state index in [9.17, 15) is 17.6 Å². The zero-order valence-corrected chi connectivity index (χ0v) is 16.4. The lowest BCUT2D eigenvalue weighted by Crippen LogP contribution is -2.43. The van der Waals surface area contributed by atoms with E-state index in [0.29, 0.717) is 5.56 Å². The molecule has 0 bridgehead atoms. The van der Waals surface area contributed by atoms with E-state index in [-0.39, 0.29) is 36.5 Å². The molecule has 29 heavy (non-hydrogen) atoms. The van der Waals surface area contributed by atoms with Gasteiger partial charge in [-0.05, 0) is 36.6 Å². The van der Waals surface area contributed by atoms with Crippen LogP contribution in [-0.4, -0.2) is 24.8 Å². The van der Waals surface area contributed by atoms with Gasteiger partial charge in [-0.1, -0.05) is 36.8 Å². The largest absolute Gasteiger partial charge is 0.435 e. The topological polar surface area (TPSA) is 33.7 Å². The van der Waals surface area contributed by atoms with Crippen molar-refractivity contribution in [1.29, 1.82) is 0 Å². The highest BCUT2D eigenvalue weighted by Gasteiger charge is 2.24. The molecule has 0 aliphatic carbocycles. The number of halogens is 5. The standard InChI is InChI=1S/C20H22F4N2O2.ClH/c21-19(22)27-16-9-10-18(28-20(23)24)15(12-16)13-25-26-11-5-4-8-17(26)14-6-2-1-3-7-14;/h1-3,6-7,9-10,12,17,19-20,25H,4-5,8,11,13H2;1H. The van der Waals surface area contributed by atoms with E-state index in [1.807, 2.05) is 30.3 Å². The molecule has 1 unspecified atom stereocenters. The maximum absolute atomic E-state index is 12.7. The van der Waals surface area contributed by atoms with Gasteiger partial charge < -0.3 is 9.47 Å². The molecule has 1 fully saturated rings. The van der Waals surface area contributed by atoms with Crippen LogP contribution in [0.25, 0.3) is 0 Å². The minimum absolute atomic E-state index is 0. The molecule has 160 valence electrons. The number of hydrazine groups is 1. The second-order valence-corrected chi connectivity index (χ2v) is 6.48. The molecule has 2 aromatic rings. The number of benzene rings is 2. The molecule has 0 radical (unpaired) electrons. The van der Waals surface area contributed by atoms with Gasteiger partial charge in [0, 0.05) is 24.7 Å². The van der Waals surface area contributed by atoms with Gasteiger partial charge in [0.25, 0.3) is 0 Å². The van der Waals surface area contributed by atoms with E-state index in [2.05, 4.69) is 19.9 Å². The Morgan fingerprint density at radius 3 is 2.38 bits per heavy atom. The lowest BCUT2D eigenvalue weighted by Gasteiger charge is -2.36. The van der Waals surface area contributed by atoms with Crippen molar-refractivity contribution in [3.8, 4) is 11.5 Å². The lowest BCUT2D eigenvalue weighted by atomic mass is 9.97. The van der Waals surface area contributed by atoms with Crippen LogP contribution in [0.2, 0.25) is 0 Å². The summed E-state index contributed by atoms with van der Waals surface area (Å²) in [5, 5.41) is 2.06. The van der Waals surface area contributed by atoms with Crippen molar-refractivity contribution in [3.63, 3.8) is 0 Å². The van der Waals surface area contributed by atoms with Gasteiger partial charge in [0.05, 0.1) is 0 Å². The molecule has 0 spiro atoms. The minimum Gasteiger partial charge on any atom is -0.435 e. The number of rotatable bonds is 8. The minimum atomic E-state index is -3.01. The first-order valence-electron chi connectivity index (χ1n) is 9.10. The summed E-state index contributed by atoms with van der Waals surface area (Å²) in [5.41, 5.74) is 4.72. The van der Waals surface area contributed by atoms with E-state index in [1.165, 1.54) is 18.2 Å². The van der Waals surface area contributed by atoms with Crippen LogP contribution in [0.3, 0.4) is 0 Å². The highest BCUT2D eigenvalue weighted by Crippen LogP contribution is 2.31. The van der Waals surface area contributed by atoms with Crippen molar-refractivity contribution < 1.29 is 27.0 Å². The molecule has 1 N–H and O–H groups in total. The first-order valence-corrected chi connectivity index (χ1v) is 9.10. The zero-order valence-electron chi connectivity index (χ0n) is 15.6. The Morgan fingerprint density at radius 2 is 1.69 bits per heavy atom. The Labute approximate surface area is 173 Å². The van der Waals surface area contributed by atoms with Crippen LogP contribution in [0.5, 0.6) is 11.5 Å². The lowest BCUT2D eigenvalue weighted by molar-refractivity contribution is -0.0537. The zero-order chi connectivity index (χ0) is 19.9. The molecule has 0 saturated carbocycles. The average molecular weight is 435 g/mol. The Balaban J connectivity index is 0.00000300. The molecule has 9 heteroatoms. The van der Waals surface area contributed by atoms with Gasteiger partial charge in [0.2, 0.25) is 0 Å². The van der Waals surface area contributed by atoms with Crippen molar-refractivity contribution in [2.24, 2.45) is 0 Å². The molecular formula is C20H23ClF4N2O2. The van der Waals surface area contributed by atoms with Gasteiger partial charge in [0.15, 0.2) is 0 Å². The fraction of sp³-hybridized carbons (Fsp3) is 0.400. The van der Waals surface area contributed by atoms with Crippen molar-refractivity contribution in [2.75, 3.05) is 6.54 Å². The van der Waals surface area contributed by atoms with Gasteiger partial charge in [0.1, 0.15) is 11.5 Å². The Morgan fingerprint density at radius 1 is 0.966 bits per heavy atom. The van der Waals surface area contributed by atoms with E-state index >= 15 is 0 Å². The van der Waals surface area contributed by atoms with E-state index in [4.69, 9.17) is 0 Å². The summed E-state index contributed by atoms with van der Waals surface area (Å²) in [4.78, 5) is 0. The summed E-state index contributed by atoms with van der Waals surface area (Å²) >= 11 is 0. The van der Waals surface area contributed by atoms with Crippen LogP contribution in [0.15, 0.2) is 48.5 Å². The SMILES string of the molecule is Cl.FC(F)Oc1ccc(OC(F)F)c(CNN2CCCCC2c2ccccc2)c1. The number of ether oxygens (including phenoxy) is 2. The summed E-state index contributed by atoms with van der Waals surface area (Å²) in [6.45, 7) is -5.07. The second-order valence-electron chi connectivity index (χ2n) is 6.48. The smallest absolute Gasteiger partial charge is 0.387 e. The predicted molar refractivity (Wildman–Crippen MR) is 104 cm³/mol. The summed E-state index contributed by atoms with van der Waals surface area (Å²) in [6.07, 6.45) is 3.06. The summed E-state index contributed by atoms with van der Waals surface area (Å²) in [6, 6.07) is 13.8. The number of piperidine rings is 1. The van der Waals surface area contributed by atoms with Crippen molar-refractivity contribution in [3.05, 3.63) is 59.7 Å². The van der Waals surface area contributed by atoms with E-state index in [1.54, 1.807) is 0 Å². The number of hydrogen-bond donors (Lipinski definition) is 1. The fourth-order valence-electron chi connectivity index (χ4n) is 3.41. The number of hydrogen-bond acceptors (Lipinski definition) is 4. The molecule has 0 amide bonds. The third kappa shape index (κ3) is 6.76. The average Bonchev–Trinajstić information content (AvgIpc) is 2.68. The van der Waals surface area contributed by atoms with Crippen molar-refractivity contribution in [1.82, 2.24) is 10.4 Å². The van der Waals surface area contributed by atoms with Crippen LogP contribution in [0, 0.1) is 0 Å². The van der Waals surface area contributed by atoms with Crippen molar-refractivity contribution in [2.45, 2.75) is 45.1 Å². The number of nitrogens with zero attached hydrogens (tertiary/aromatic N) is 1. The molecular weight excluding hydrogens is 412 g/mol. The third-order valence-corrected chi connectivity index (χ3v) is 4.63. The summed E-state index contributed by atoms with van der Waals surface area (Å²) in [7, 11) is 0. The van der Waals surface area contributed by atoms with Crippen LogP contribution in [0.1, 0.15) is 36.4 Å². The van der Waals surface area contributed by atoms with Crippen molar-refractivity contribution >= 4 is 12.4 Å². The Kier molecular flexibility index (Phi) is 9.00. The summed E-state index contributed by atoms with van der Waals surface area (Å²) in [5.74, 6) is -0.177. The molecule has 1 aliphatic heterocycles. The van der Waals surface area contributed by atoms with Gasteiger partial charge in [-0.3, -0.25) is 5.43 Å². The van der Waals surface area contributed by atoms with Crippen LogP contribution >= 0.6 is 12.4 Å². The highest BCUT2D eigenvalue weighted by atomic mass is 35.5. The van der Waals surface area contributed by atoms with E-state index in [0.717, 1.165) is 31.4 Å². The molecule has 4 nitrogen and oxygen atoms in total. The molecule has 0 aromatic heterocycles. The summed E-state index contributed by atoms with van der Waals surface area (Å²) < 4.78 is 59.2. The molecule has 1 saturated heterocycles. The molecule has 3 rings (SSSR count). The number of alkyl halides is 4. The van der Waals surface area contributed by atoms with Gasteiger partial charge in [-0.25, -0.2) is 5.01 Å². The fourth-order valence-corrected chi connectivity index (χ4v) is 3.41. The normalized spacial score (nSPS) is 17.2. The third-order valence-electron chi connectivity index (χ3n) is 4.63. The van der Waals surface area contributed by atoms with Crippen LogP contribution < -0.4 is 14.9 Å². The van der Waals surface area contributed by atoms with Gasteiger partial charge >= 0.3 is 13.2 Å². The van der Waals surface area contributed by atoms with Gasteiger partial charge in [-0.2, -0.15) is 17.6 Å². The second kappa shape index (κ2) is 11.2. The predicted octanol–water partition coefficient (Wildman–Crippen LogP) is 5.54. The highest BCUT2D eigenvalue weighted by molar-refractivity contribution is 5.85. The number of nitrogens with one attached hydrogen (secondary N) is 1. The molecule has 2 aromatic carbocycles. The van der Waals surface area contributed by atoms with Gasteiger partial charge in [-0.15, -0.1) is 12.4 Å². The Hall–Kier alpha value is -2.03. The first-order chi connectivity index (χ1) is 13.5. The molecule has 1 aliphatic rings. The molecule has 1 heterocycles. The molecule has 1 atom stereocenters. The maximum Gasteiger partial charge on any atom is 0.387 e. The Bertz CT molecular complexity index is 753. The van der Waals surface area contributed by atoms with E-state index < -0.39 is 13.2 Å².